The minimum Gasteiger partial charge on any atom is -0.456 e. The molecule has 4 nitrogen and oxygen atoms in total. The molecule has 0 aliphatic heterocycles. The van der Waals surface area contributed by atoms with Crippen LogP contribution in [-0.2, 0) is 5.41 Å². The first-order chi connectivity index (χ1) is 33.7. The van der Waals surface area contributed by atoms with Gasteiger partial charge < -0.3 is 18.6 Å². The van der Waals surface area contributed by atoms with Crippen molar-refractivity contribution in [2.45, 2.75) is 5.41 Å². The lowest BCUT2D eigenvalue weighted by Crippen LogP contribution is -2.26. The Hall–Kier alpha value is -8.64. The molecule has 1 atom stereocenters. The lowest BCUT2D eigenvalue weighted by atomic mass is 9.70. The topological polar surface area (TPSA) is 32.8 Å². The molecule has 0 amide bonds. The standard InChI is InChI=1S/C63H38N2O2S/c1-3-15-39(16-4-1)64(41-29-33-58-51(35-41)47-20-8-12-24-56(47)66-58)44-28-32-49-55(38-44)63(61-50-22-9-13-25-57(50)67-62(49)61)53-23-11-7-19-45(53)46-31-27-43(37-54(46)63)65(40-17-5-2-6-18-40)42-30-34-60-52(36-42)48-21-10-14-26-59(48)68-60/h1-38H. The molecule has 1 spiro atoms. The molecule has 0 saturated carbocycles. The Morgan fingerprint density at radius 1 is 0.309 bits per heavy atom. The molecule has 15 rings (SSSR count). The molecule has 3 heterocycles. The van der Waals surface area contributed by atoms with Crippen molar-refractivity contribution >= 4 is 98.5 Å². The second-order valence-corrected chi connectivity index (χ2v) is 19.0. The van der Waals surface area contributed by atoms with E-state index in [4.69, 9.17) is 8.83 Å². The summed E-state index contributed by atoms with van der Waals surface area (Å²) in [4.78, 5) is 4.81. The number of para-hydroxylation sites is 4. The molecular formula is C63H38N2O2S. The first-order valence-electron chi connectivity index (χ1n) is 23.1. The highest BCUT2D eigenvalue weighted by Gasteiger charge is 2.55. The van der Waals surface area contributed by atoms with E-state index in [1.165, 1.54) is 53.6 Å². The third-order valence-electron chi connectivity index (χ3n) is 14.4. The maximum absolute atomic E-state index is 7.05. The van der Waals surface area contributed by atoms with E-state index in [1.807, 2.05) is 23.5 Å². The zero-order valence-electron chi connectivity index (χ0n) is 36.6. The van der Waals surface area contributed by atoms with Crippen LogP contribution in [-0.4, -0.2) is 0 Å². The number of thiophene rings is 1. The molecule has 0 radical (unpaired) electrons. The lowest BCUT2D eigenvalue weighted by Gasteiger charge is -2.33. The molecule has 68 heavy (non-hydrogen) atoms. The van der Waals surface area contributed by atoms with Gasteiger partial charge in [-0.15, -0.1) is 11.3 Å². The van der Waals surface area contributed by atoms with E-state index in [2.05, 4.69) is 228 Å². The van der Waals surface area contributed by atoms with E-state index in [9.17, 15) is 0 Å². The maximum atomic E-state index is 7.05. The average molecular weight is 887 g/mol. The second-order valence-electron chi connectivity index (χ2n) is 18.0. The van der Waals surface area contributed by atoms with E-state index >= 15 is 0 Å². The number of nitrogens with zero attached hydrogens (tertiary/aromatic N) is 2. The first kappa shape index (κ1) is 37.6. The molecule has 5 heteroatoms. The molecule has 10 aromatic carbocycles. The van der Waals surface area contributed by atoms with Crippen LogP contribution in [0.3, 0.4) is 0 Å². The van der Waals surface area contributed by atoms with Gasteiger partial charge in [-0.25, -0.2) is 0 Å². The zero-order chi connectivity index (χ0) is 44.5. The van der Waals surface area contributed by atoms with Gasteiger partial charge in [0.05, 0.1) is 5.41 Å². The first-order valence-corrected chi connectivity index (χ1v) is 24.0. The molecule has 0 saturated heterocycles. The number of fused-ring (bicyclic) bond motifs is 18. The number of hydrogen-bond donors (Lipinski definition) is 0. The van der Waals surface area contributed by atoms with Gasteiger partial charge in [0.1, 0.15) is 22.5 Å². The van der Waals surface area contributed by atoms with Crippen LogP contribution >= 0.6 is 11.3 Å². The average Bonchev–Trinajstić information content (AvgIpc) is 4.20. The molecular weight excluding hydrogens is 849 g/mol. The van der Waals surface area contributed by atoms with Crippen LogP contribution in [0.5, 0.6) is 0 Å². The van der Waals surface area contributed by atoms with E-state index in [1.54, 1.807) is 0 Å². The number of benzene rings is 10. The fourth-order valence-electron chi connectivity index (χ4n) is 11.6. The van der Waals surface area contributed by atoms with E-state index in [0.29, 0.717) is 0 Å². The minimum atomic E-state index is -0.710. The van der Waals surface area contributed by atoms with Crippen molar-refractivity contribution in [3.63, 3.8) is 0 Å². The van der Waals surface area contributed by atoms with Crippen LogP contribution in [0.15, 0.2) is 239 Å². The summed E-state index contributed by atoms with van der Waals surface area (Å²) in [6, 6.07) is 83.8. The Bertz CT molecular complexity index is 4180. The highest BCUT2D eigenvalue weighted by atomic mass is 32.1. The second kappa shape index (κ2) is 14.2. The van der Waals surface area contributed by atoms with E-state index in [0.717, 1.165) is 78.4 Å². The third kappa shape index (κ3) is 5.19. The van der Waals surface area contributed by atoms with Crippen molar-refractivity contribution in [3.8, 4) is 22.5 Å². The van der Waals surface area contributed by atoms with Crippen molar-refractivity contribution in [1.29, 1.82) is 0 Å². The van der Waals surface area contributed by atoms with E-state index < -0.39 is 5.41 Å². The van der Waals surface area contributed by atoms with Crippen LogP contribution in [0.1, 0.15) is 22.3 Å². The predicted molar refractivity (Wildman–Crippen MR) is 282 cm³/mol. The Morgan fingerprint density at radius 2 is 0.809 bits per heavy atom. The molecule has 2 aliphatic carbocycles. The van der Waals surface area contributed by atoms with Crippen LogP contribution in [0, 0.1) is 0 Å². The van der Waals surface area contributed by atoms with Gasteiger partial charge in [0, 0.05) is 81.6 Å². The van der Waals surface area contributed by atoms with Gasteiger partial charge in [-0.2, -0.15) is 0 Å². The van der Waals surface area contributed by atoms with Gasteiger partial charge in [-0.1, -0.05) is 121 Å². The lowest BCUT2D eigenvalue weighted by molar-refractivity contribution is 0.628. The van der Waals surface area contributed by atoms with Gasteiger partial charge in [-0.05, 0) is 137 Å². The summed E-state index contributed by atoms with van der Waals surface area (Å²) in [5, 5.41) is 5.86. The summed E-state index contributed by atoms with van der Waals surface area (Å²) in [6.45, 7) is 0. The smallest absolute Gasteiger partial charge is 0.140 e. The fraction of sp³-hybridized carbons (Fsp3) is 0.0159. The van der Waals surface area contributed by atoms with Gasteiger partial charge in [0.25, 0.3) is 0 Å². The van der Waals surface area contributed by atoms with Crippen molar-refractivity contribution in [3.05, 3.63) is 253 Å². The van der Waals surface area contributed by atoms with E-state index in [-0.39, 0.29) is 0 Å². The van der Waals surface area contributed by atoms with Crippen molar-refractivity contribution in [2.75, 3.05) is 9.80 Å². The summed E-state index contributed by atoms with van der Waals surface area (Å²) >= 11 is 1.85. The van der Waals surface area contributed by atoms with Crippen molar-refractivity contribution in [2.24, 2.45) is 0 Å². The summed E-state index contributed by atoms with van der Waals surface area (Å²) in [5.74, 6) is 0.924. The number of furan rings is 2. The van der Waals surface area contributed by atoms with Gasteiger partial charge in [0.2, 0.25) is 0 Å². The molecule has 0 bridgehead atoms. The SMILES string of the molecule is c1ccc(N(c2ccc3c(c2)C2(c4ccccc4-c4ccc(N(c5ccccc5)c5ccc6sc7ccccc7c6c5)cc42)c2c-3oc3ccccc23)c2ccc3oc4ccccc4c3c2)cc1. The molecule has 1 unspecified atom stereocenters. The Kier molecular flexibility index (Phi) is 7.83. The van der Waals surface area contributed by atoms with Gasteiger partial charge in [-0.3, -0.25) is 0 Å². The summed E-state index contributed by atoms with van der Waals surface area (Å²) in [5.41, 5.74) is 16.9. The molecule has 2 aliphatic rings. The Balaban J connectivity index is 0.998. The Labute approximate surface area is 395 Å². The monoisotopic (exact) mass is 886 g/mol. The highest BCUT2D eigenvalue weighted by Crippen LogP contribution is 2.66. The van der Waals surface area contributed by atoms with Crippen LogP contribution < -0.4 is 9.80 Å². The number of hydrogen-bond acceptors (Lipinski definition) is 5. The van der Waals surface area contributed by atoms with Gasteiger partial charge in [0.15, 0.2) is 0 Å². The fourth-order valence-corrected chi connectivity index (χ4v) is 12.7. The normalized spacial score (nSPS) is 14.5. The highest BCUT2D eigenvalue weighted by molar-refractivity contribution is 7.25. The van der Waals surface area contributed by atoms with Crippen molar-refractivity contribution < 1.29 is 8.83 Å². The predicted octanol–water partition coefficient (Wildman–Crippen LogP) is 18.0. The quantitative estimate of drug-likeness (QED) is 0.167. The van der Waals surface area contributed by atoms with Gasteiger partial charge >= 0.3 is 0 Å². The third-order valence-corrected chi connectivity index (χ3v) is 15.6. The summed E-state index contributed by atoms with van der Waals surface area (Å²) in [7, 11) is 0. The summed E-state index contributed by atoms with van der Waals surface area (Å²) < 4.78 is 16.0. The minimum absolute atomic E-state index is 0.710. The zero-order valence-corrected chi connectivity index (χ0v) is 37.4. The molecule has 318 valence electrons. The number of anilines is 6. The van der Waals surface area contributed by atoms with Crippen LogP contribution in [0.2, 0.25) is 0 Å². The van der Waals surface area contributed by atoms with Crippen LogP contribution in [0.25, 0.3) is 75.5 Å². The molecule has 3 aromatic heterocycles. The van der Waals surface area contributed by atoms with Crippen molar-refractivity contribution in [1.82, 2.24) is 0 Å². The molecule has 0 fully saturated rings. The number of rotatable bonds is 6. The summed E-state index contributed by atoms with van der Waals surface area (Å²) in [6.07, 6.45) is 0. The molecule has 13 aromatic rings. The molecule has 0 N–H and O–H groups in total. The maximum Gasteiger partial charge on any atom is 0.140 e. The largest absolute Gasteiger partial charge is 0.456 e. The van der Waals surface area contributed by atoms with Crippen LogP contribution in [0.4, 0.5) is 34.1 Å². The Morgan fingerprint density at radius 3 is 1.56 bits per heavy atom.